The van der Waals surface area contributed by atoms with Crippen LogP contribution in [0.2, 0.25) is 0 Å². The number of hydrogen-bond donors (Lipinski definition) is 1. The molecule has 1 amide bonds. The fraction of sp³-hybridized carbons (Fsp3) is 0.350. The standard InChI is InChI=1S/C20H25N5OS/c1-5-25-18(12-16-9-7-11-24(16)4)22-23-20(25)27-13-19(26)21-17-10-6-8-14(2)15(17)3/h6-11H,5,12-13H2,1-4H3,(H,21,26). The topological polar surface area (TPSA) is 64.7 Å². The van der Waals surface area contributed by atoms with Gasteiger partial charge in [-0.3, -0.25) is 4.79 Å². The average Bonchev–Trinajstić information content (AvgIpc) is 3.23. The molecule has 27 heavy (non-hydrogen) atoms. The number of thioether (sulfide) groups is 1. The molecule has 0 unspecified atom stereocenters. The molecule has 0 saturated carbocycles. The summed E-state index contributed by atoms with van der Waals surface area (Å²) < 4.78 is 4.15. The maximum Gasteiger partial charge on any atom is 0.234 e. The molecule has 7 heteroatoms. The van der Waals surface area contributed by atoms with Gasteiger partial charge in [-0.2, -0.15) is 0 Å². The van der Waals surface area contributed by atoms with E-state index in [1.54, 1.807) is 0 Å². The molecule has 1 aromatic carbocycles. The molecule has 0 saturated heterocycles. The van der Waals surface area contributed by atoms with Gasteiger partial charge in [-0.05, 0) is 50.1 Å². The van der Waals surface area contributed by atoms with Crippen molar-refractivity contribution in [1.82, 2.24) is 19.3 Å². The van der Waals surface area contributed by atoms with Gasteiger partial charge in [0.2, 0.25) is 5.91 Å². The molecule has 0 aliphatic rings. The van der Waals surface area contributed by atoms with E-state index in [1.165, 1.54) is 17.5 Å². The van der Waals surface area contributed by atoms with Gasteiger partial charge in [0.05, 0.1) is 5.75 Å². The van der Waals surface area contributed by atoms with Crippen molar-refractivity contribution < 1.29 is 4.79 Å². The second-order valence-corrected chi connectivity index (χ2v) is 7.46. The molecule has 3 rings (SSSR count). The summed E-state index contributed by atoms with van der Waals surface area (Å²) >= 11 is 1.42. The number of aryl methyl sites for hydroxylation is 2. The Balaban J connectivity index is 1.65. The first-order chi connectivity index (χ1) is 13.0. The summed E-state index contributed by atoms with van der Waals surface area (Å²) in [6.45, 7) is 6.89. The van der Waals surface area contributed by atoms with Crippen molar-refractivity contribution in [2.24, 2.45) is 7.05 Å². The zero-order chi connectivity index (χ0) is 19.4. The van der Waals surface area contributed by atoms with Gasteiger partial charge in [0.25, 0.3) is 0 Å². The third-order valence-corrected chi connectivity index (χ3v) is 5.68. The Bertz CT molecular complexity index is 944. The lowest BCUT2D eigenvalue weighted by Crippen LogP contribution is -2.15. The Morgan fingerprint density at radius 3 is 2.70 bits per heavy atom. The fourth-order valence-electron chi connectivity index (χ4n) is 2.92. The number of hydrogen-bond acceptors (Lipinski definition) is 4. The Kier molecular flexibility index (Phi) is 6.01. The maximum atomic E-state index is 12.4. The Morgan fingerprint density at radius 2 is 2.00 bits per heavy atom. The molecule has 3 aromatic rings. The molecule has 2 heterocycles. The lowest BCUT2D eigenvalue weighted by molar-refractivity contribution is -0.113. The van der Waals surface area contributed by atoms with Gasteiger partial charge in [0.1, 0.15) is 5.82 Å². The Hall–Kier alpha value is -2.54. The molecule has 142 valence electrons. The average molecular weight is 384 g/mol. The smallest absolute Gasteiger partial charge is 0.234 e. The molecular weight excluding hydrogens is 358 g/mol. The second-order valence-electron chi connectivity index (χ2n) is 6.51. The molecule has 0 fully saturated rings. The number of anilines is 1. The zero-order valence-corrected chi connectivity index (χ0v) is 17.0. The Labute approximate surface area is 164 Å². The van der Waals surface area contributed by atoms with Gasteiger partial charge in [-0.1, -0.05) is 23.9 Å². The first-order valence-electron chi connectivity index (χ1n) is 9.00. The molecule has 0 atom stereocenters. The zero-order valence-electron chi connectivity index (χ0n) is 16.2. The van der Waals surface area contributed by atoms with Crippen LogP contribution in [0.4, 0.5) is 5.69 Å². The van der Waals surface area contributed by atoms with E-state index in [1.807, 2.05) is 51.4 Å². The van der Waals surface area contributed by atoms with Gasteiger partial charge in [-0.15, -0.1) is 10.2 Å². The summed E-state index contributed by atoms with van der Waals surface area (Å²) in [5.41, 5.74) is 4.30. The van der Waals surface area contributed by atoms with Crippen LogP contribution in [0.15, 0.2) is 41.7 Å². The lowest BCUT2D eigenvalue weighted by Gasteiger charge is -2.10. The van der Waals surface area contributed by atoms with Crippen LogP contribution >= 0.6 is 11.8 Å². The molecule has 1 N–H and O–H groups in total. The molecule has 0 aliphatic heterocycles. The highest BCUT2D eigenvalue weighted by Gasteiger charge is 2.15. The predicted molar refractivity (Wildman–Crippen MR) is 109 cm³/mol. The van der Waals surface area contributed by atoms with E-state index in [4.69, 9.17) is 0 Å². The van der Waals surface area contributed by atoms with Gasteiger partial charge >= 0.3 is 0 Å². The summed E-state index contributed by atoms with van der Waals surface area (Å²) in [4.78, 5) is 12.4. The van der Waals surface area contributed by atoms with Crippen LogP contribution < -0.4 is 5.32 Å². The summed E-state index contributed by atoms with van der Waals surface area (Å²) in [6.07, 6.45) is 2.74. The molecule has 6 nitrogen and oxygen atoms in total. The van der Waals surface area contributed by atoms with Crippen LogP contribution in [0.25, 0.3) is 0 Å². The van der Waals surface area contributed by atoms with Crippen LogP contribution in [0.3, 0.4) is 0 Å². The quantitative estimate of drug-likeness (QED) is 0.634. The lowest BCUT2D eigenvalue weighted by atomic mass is 10.1. The summed E-state index contributed by atoms with van der Waals surface area (Å²) in [7, 11) is 2.02. The summed E-state index contributed by atoms with van der Waals surface area (Å²) in [6, 6.07) is 10.0. The second kappa shape index (κ2) is 8.43. The van der Waals surface area contributed by atoms with E-state index in [-0.39, 0.29) is 5.91 Å². The highest BCUT2D eigenvalue weighted by atomic mass is 32.2. The monoisotopic (exact) mass is 383 g/mol. The largest absolute Gasteiger partial charge is 0.354 e. The summed E-state index contributed by atoms with van der Waals surface area (Å²) in [5, 5.41) is 12.4. The molecule has 0 spiro atoms. The molecule has 0 radical (unpaired) electrons. The van der Waals surface area contributed by atoms with Crippen LogP contribution in [0.5, 0.6) is 0 Å². The van der Waals surface area contributed by atoms with Crippen LogP contribution in [-0.2, 0) is 24.8 Å². The molecule has 0 bridgehead atoms. The van der Waals surface area contributed by atoms with Crippen LogP contribution in [0, 0.1) is 13.8 Å². The third-order valence-electron chi connectivity index (χ3n) is 4.71. The van der Waals surface area contributed by atoms with Crippen LogP contribution in [0.1, 0.15) is 29.6 Å². The van der Waals surface area contributed by atoms with E-state index in [0.717, 1.165) is 40.8 Å². The fourth-order valence-corrected chi connectivity index (χ4v) is 3.74. The van der Waals surface area contributed by atoms with Crippen molar-refractivity contribution in [3.05, 3.63) is 59.2 Å². The minimum atomic E-state index is -0.0386. The predicted octanol–water partition coefficient (Wildman–Crippen LogP) is 3.57. The normalized spacial score (nSPS) is 11.0. The number of aromatic nitrogens is 4. The molecular formula is C20H25N5OS. The van der Waals surface area contributed by atoms with Crippen LogP contribution in [-0.4, -0.2) is 31.0 Å². The number of carbonyl (C=O) groups excluding carboxylic acids is 1. The number of rotatable bonds is 7. The van der Waals surface area contributed by atoms with Crippen molar-refractivity contribution in [1.29, 1.82) is 0 Å². The maximum absolute atomic E-state index is 12.4. The Morgan fingerprint density at radius 1 is 1.19 bits per heavy atom. The van der Waals surface area contributed by atoms with Crippen molar-refractivity contribution in [3.63, 3.8) is 0 Å². The van der Waals surface area contributed by atoms with E-state index in [0.29, 0.717) is 5.75 Å². The van der Waals surface area contributed by atoms with E-state index in [2.05, 4.69) is 37.6 Å². The summed E-state index contributed by atoms with van der Waals surface area (Å²) in [5.74, 6) is 1.18. The highest BCUT2D eigenvalue weighted by molar-refractivity contribution is 7.99. The SMILES string of the molecule is CCn1c(Cc2cccn2C)nnc1SCC(=O)Nc1cccc(C)c1C. The van der Waals surface area contributed by atoms with Crippen molar-refractivity contribution in [2.45, 2.75) is 38.9 Å². The molecule has 2 aromatic heterocycles. The van der Waals surface area contributed by atoms with Crippen molar-refractivity contribution >= 4 is 23.4 Å². The number of benzene rings is 1. The van der Waals surface area contributed by atoms with E-state index in [9.17, 15) is 4.79 Å². The van der Waals surface area contributed by atoms with Gasteiger partial charge in [0, 0.05) is 37.6 Å². The van der Waals surface area contributed by atoms with E-state index < -0.39 is 0 Å². The minimum absolute atomic E-state index is 0.0386. The number of carbonyl (C=O) groups is 1. The van der Waals surface area contributed by atoms with E-state index >= 15 is 0 Å². The number of amides is 1. The highest BCUT2D eigenvalue weighted by Crippen LogP contribution is 2.21. The number of nitrogens with zero attached hydrogens (tertiary/aromatic N) is 4. The number of nitrogens with one attached hydrogen (secondary N) is 1. The van der Waals surface area contributed by atoms with Gasteiger partial charge in [0.15, 0.2) is 5.16 Å². The first-order valence-corrected chi connectivity index (χ1v) is 9.99. The van der Waals surface area contributed by atoms with Gasteiger partial charge in [-0.25, -0.2) is 0 Å². The first kappa shape index (κ1) is 19.2. The molecule has 0 aliphatic carbocycles. The van der Waals surface area contributed by atoms with Crippen molar-refractivity contribution in [3.8, 4) is 0 Å². The third kappa shape index (κ3) is 4.42. The van der Waals surface area contributed by atoms with Crippen molar-refractivity contribution in [2.75, 3.05) is 11.1 Å². The minimum Gasteiger partial charge on any atom is -0.354 e. The van der Waals surface area contributed by atoms with Gasteiger partial charge < -0.3 is 14.5 Å².